The van der Waals surface area contributed by atoms with Gasteiger partial charge < -0.3 is 19.3 Å². The molecule has 0 spiro atoms. The lowest BCUT2D eigenvalue weighted by Crippen LogP contribution is -2.47. The lowest BCUT2D eigenvalue weighted by Gasteiger charge is -2.37. The number of piperazine rings is 1. The number of fused-ring (bicyclic) bond motifs is 1. The number of nitrogens with zero attached hydrogens (tertiary/aromatic N) is 5. The van der Waals surface area contributed by atoms with Gasteiger partial charge in [-0.2, -0.15) is 0 Å². The van der Waals surface area contributed by atoms with Crippen molar-refractivity contribution in [2.75, 3.05) is 62.8 Å². The topological polar surface area (TPSA) is 79.6 Å². The van der Waals surface area contributed by atoms with Crippen LogP contribution < -0.4 is 20.1 Å². The number of rotatable bonds is 9. The molecule has 0 saturated carbocycles. The van der Waals surface area contributed by atoms with E-state index in [4.69, 9.17) is 26.7 Å². The summed E-state index contributed by atoms with van der Waals surface area (Å²) < 4.78 is 12.8. The van der Waals surface area contributed by atoms with Gasteiger partial charge in [0.05, 0.1) is 17.6 Å². The standard InChI is InChI=1S/C29H33N5O4S2/c1-4-38-18-6-13-34-28(36)24(40-29(34)39)19-23-26(30-25-20(2)7-5-12-33(25)27(23)35)32-16-14-31(15-17-32)21-8-10-22(37-3)11-9-21/h5,7-12,19H,4,6,13-18H2,1-3H3/b24-19+. The lowest BCUT2D eigenvalue weighted by atomic mass is 10.2. The van der Waals surface area contributed by atoms with Gasteiger partial charge in [0.15, 0.2) is 0 Å². The predicted octanol–water partition coefficient (Wildman–Crippen LogP) is 3.97. The van der Waals surface area contributed by atoms with Gasteiger partial charge in [-0.1, -0.05) is 30.0 Å². The summed E-state index contributed by atoms with van der Waals surface area (Å²) in [6.45, 7) is 8.46. The van der Waals surface area contributed by atoms with Crippen LogP contribution in [0.5, 0.6) is 5.75 Å². The van der Waals surface area contributed by atoms with E-state index in [0.29, 0.717) is 65.5 Å². The van der Waals surface area contributed by atoms with Crippen LogP contribution in [0.2, 0.25) is 0 Å². The fourth-order valence-corrected chi connectivity index (χ4v) is 6.22. The number of pyridine rings is 1. The van der Waals surface area contributed by atoms with Crippen LogP contribution >= 0.6 is 24.0 Å². The molecular weight excluding hydrogens is 546 g/mol. The second kappa shape index (κ2) is 12.4. The van der Waals surface area contributed by atoms with Crippen molar-refractivity contribution in [2.24, 2.45) is 0 Å². The Morgan fingerprint density at radius 2 is 1.80 bits per heavy atom. The second-order valence-electron chi connectivity index (χ2n) is 9.59. The van der Waals surface area contributed by atoms with Crippen LogP contribution in [0.15, 0.2) is 52.3 Å². The molecule has 2 aliphatic rings. The molecule has 0 radical (unpaired) electrons. The van der Waals surface area contributed by atoms with Crippen LogP contribution in [0.25, 0.3) is 11.7 Å². The highest BCUT2D eigenvalue weighted by molar-refractivity contribution is 8.26. The Morgan fingerprint density at radius 1 is 1.07 bits per heavy atom. The summed E-state index contributed by atoms with van der Waals surface area (Å²) in [7, 11) is 1.66. The average Bonchev–Trinajstić information content (AvgIpc) is 3.24. The number of anilines is 2. The number of carbonyl (C=O) groups is 1. The maximum Gasteiger partial charge on any atom is 0.267 e. The summed E-state index contributed by atoms with van der Waals surface area (Å²) in [5, 5.41) is 0. The third kappa shape index (κ3) is 5.72. The van der Waals surface area contributed by atoms with Crippen LogP contribution in [0.1, 0.15) is 24.5 Å². The van der Waals surface area contributed by atoms with E-state index in [2.05, 4.69) is 21.9 Å². The minimum Gasteiger partial charge on any atom is -0.497 e. The Labute approximate surface area is 243 Å². The number of ether oxygens (including phenoxy) is 2. The summed E-state index contributed by atoms with van der Waals surface area (Å²) in [6, 6.07) is 11.8. The maximum atomic E-state index is 13.8. The van der Waals surface area contributed by atoms with Crippen LogP contribution in [0.3, 0.4) is 0 Å². The van der Waals surface area contributed by atoms with E-state index in [1.807, 2.05) is 38.1 Å². The summed E-state index contributed by atoms with van der Waals surface area (Å²) in [5.41, 5.74) is 2.83. The minimum atomic E-state index is -0.206. The Bertz CT molecular complexity index is 1500. The molecule has 5 rings (SSSR count). The number of hydrogen-bond acceptors (Lipinski definition) is 9. The highest BCUT2D eigenvalue weighted by Gasteiger charge is 2.33. The van der Waals surface area contributed by atoms with E-state index in [9.17, 15) is 9.59 Å². The zero-order valence-electron chi connectivity index (χ0n) is 23.0. The first-order chi connectivity index (χ1) is 19.4. The highest BCUT2D eigenvalue weighted by Crippen LogP contribution is 2.34. The molecular formula is C29H33N5O4S2. The van der Waals surface area contributed by atoms with Gasteiger partial charge in [0.1, 0.15) is 21.5 Å². The number of benzene rings is 1. The Hall–Kier alpha value is -3.41. The van der Waals surface area contributed by atoms with E-state index >= 15 is 0 Å². The van der Waals surface area contributed by atoms with E-state index in [1.54, 1.807) is 28.7 Å². The van der Waals surface area contributed by atoms with Crippen molar-refractivity contribution in [2.45, 2.75) is 20.3 Å². The van der Waals surface area contributed by atoms with Gasteiger partial charge in [-0.05, 0) is 62.2 Å². The van der Waals surface area contributed by atoms with Gasteiger partial charge in [0.25, 0.3) is 11.5 Å². The van der Waals surface area contributed by atoms with Gasteiger partial charge in [-0.3, -0.25) is 18.9 Å². The van der Waals surface area contributed by atoms with Crippen molar-refractivity contribution >= 4 is 57.4 Å². The molecule has 2 saturated heterocycles. The molecule has 9 nitrogen and oxygen atoms in total. The Morgan fingerprint density at radius 3 is 2.50 bits per heavy atom. The molecule has 2 aliphatic heterocycles. The summed E-state index contributed by atoms with van der Waals surface area (Å²) in [4.78, 5) is 38.6. The van der Waals surface area contributed by atoms with Crippen molar-refractivity contribution in [3.05, 3.63) is 69.0 Å². The molecule has 0 atom stereocenters. The average molecular weight is 580 g/mol. The van der Waals surface area contributed by atoms with Crippen molar-refractivity contribution in [3.8, 4) is 5.75 Å². The fraction of sp³-hybridized carbons (Fsp3) is 0.379. The van der Waals surface area contributed by atoms with E-state index < -0.39 is 0 Å². The largest absolute Gasteiger partial charge is 0.497 e. The number of carbonyl (C=O) groups excluding carboxylic acids is 1. The molecule has 210 valence electrons. The molecule has 0 N–H and O–H groups in total. The van der Waals surface area contributed by atoms with Crippen LogP contribution in [-0.4, -0.2) is 77.6 Å². The van der Waals surface area contributed by atoms with E-state index in [0.717, 1.165) is 30.1 Å². The molecule has 1 amide bonds. The Balaban J connectivity index is 1.45. The molecule has 3 aromatic rings. The number of methoxy groups -OCH3 is 1. The molecule has 0 aliphatic carbocycles. The van der Waals surface area contributed by atoms with Crippen LogP contribution in [0, 0.1) is 6.92 Å². The Kier molecular flexibility index (Phi) is 8.72. The molecule has 2 fully saturated rings. The second-order valence-corrected chi connectivity index (χ2v) is 11.3. The maximum absolute atomic E-state index is 13.8. The molecule has 2 aromatic heterocycles. The van der Waals surface area contributed by atoms with Crippen LogP contribution in [-0.2, 0) is 9.53 Å². The SMILES string of the molecule is CCOCCCN1C(=O)/C(=C\c2c(N3CCN(c4ccc(OC)cc4)CC3)nc3c(C)cccn3c2=O)SC1=S. The summed E-state index contributed by atoms with van der Waals surface area (Å²) in [5.74, 6) is 1.23. The summed E-state index contributed by atoms with van der Waals surface area (Å²) >= 11 is 6.74. The van der Waals surface area contributed by atoms with Gasteiger partial charge in [-0.15, -0.1) is 0 Å². The molecule has 0 bridgehead atoms. The van der Waals surface area contributed by atoms with E-state index in [-0.39, 0.29) is 11.5 Å². The third-order valence-corrected chi connectivity index (χ3v) is 8.48. The lowest BCUT2D eigenvalue weighted by molar-refractivity contribution is -0.122. The quantitative estimate of drug-likeness (QED) is 0.213. The monoisotopic (exact) mass is 579 g/mol. The van der Waals surface area contributed by atoms with Gasteiger partial charge in [0.2, 0.25) is 0 Å². The van der Waals surface area contributed by atoms with Gasteiger partial charge in [0, 0.05) is 57.8 Å². The number of aromatic nitrogens is 2. The molecule has 0 unspecified atom stereocenters. The van der Waals surface area contributed by atoms with Gasteiger partial charge >= 0.3 is 0 Å². The number of thiocarbonyl (C=S) groups is 1. The number of amides is 1. The van der Waals surface area contributed by atoms with Crippen molar-refractivity contribution in [1.82, 2.24) is 14.3 Å². The zero-order chi connectivity index (χ0) is 28.2. The highest BCUT2D eigenvalue weighted by atomic mass is 32.2. The smallest absolute Gasteiger partial charge is 0.267 e. The van der Waals surface area contributed by atoms with Gasteiger partial charge in [-0.25, -0.2) is 4.98 Å². The number of thioether (sulfide) groups is 1. The summed E-state index contributed by atoms with van der Waals surface area (Å²) in [6.07, 6.45) is 4.09. The normalized spacial score (nSPS) is 17.0. The van der Waals surface area contributed by atoms with Crippen molar-refractivity contribution in [1.29, 1.82) is 0 Å². The first-order valence-corrected chi connectivity index (χ1v) is 14.6. The van der Waals surface area contributed by atoms with Crippen molar-refractivity contribution < 1.29 is 14.3 Å². The molecule has 4 heterocycles. The fourth-order valence-electron chi connectivity index (χ4n) is 4.93. The first kappa shape index (κ1) is 28.1. The molecule has 11 heteroatoms. The van der Waals surface area contributed by atoms with E-state index in [1.165, 1.54) is 11.8 Å². The number of aryl methyl sites for hydroxylation is 1. The number of hydrogen-bond donors (Lipinski definition) is 0. The minimum absolute atomic E-state index is 0.185. The predicted molar refractivity (Wildman–Crippen MR) is 165 cm³/mol. The first-order valence-electron chi connectivity index (χ1n) is 13.4. The zero-order valence-corrected chi connectivity index (χ0v) is 24.6. The molecule has 1 aromatic carbocycles. The van der Waals surface area contributed by atoms with Crippen molar-refractivity contribution in [3.63, 3.8) is 0 Å². The third-order valence-electron chi connectivity index (χ3n) is 7.10. The van der Waals surface area contributed by atoms with Crippen LogP contribution in [0.4, 0.5) is 11.5 Å². The molecule has 40 heavy (non-hydrogen) atoms.